The molecule has 0 aliphatic heterocycles. The highest BCUT2D eigenvalue weighted by atomic mass is 79.9. The highest BCUT2D eigenvalue weighted by Gasteiger charge is 1.91. The normalized spacial score (nSPS) is 8.55. The molecule has 0 fully saturated rings. The van der Waals surface area contributed by atoms with Crippen LogP contribution in [0.25, 0.3) is 0 Å². The molecule has 2 N–H and O–H groups in total. The lowest BCUT2D eigenvalue weighted by Crippen LogP contribution is -2.20. The third kappa shape index (κ3) is 10.3. The topological polar surface area (TPSA) is 35.9 Å². The van der Waals surface area contributed by atoms with Crippen LogP contribution in [0.2, 0.25) is 0 Å². The Morgan fingerprint density at radius 2 is 2.09 bits per heavy atom. The highest BCUT2D eigenvalue weighted by molar-refractivity contribution is 8.93. The summed E-state index contributed by atoms with van der Waals surface area (Å²) in [6.45, 7) is 5.15. The van der Waals surface area contributed by atoms with Crippen LogP contribution < -0.4 is 5.32 Å². The van der Waals surface area contributed by atoms with E-state index in [9.17, 15) is 0 Å². The van der Waals surface area contributed by atoms with Crippen LogP contribution in [0.5, 0.6) is 0 Å². The average Bonchev–Trinajstić information content (AvgIpc) is 1.89. The summed E-state index contributed by atoms with van der Waals surface area (Å²) >= 11 is 1.55. The molecule has 0 rings (SSSR count). The largest absolute Gasteiger partial charge is 0.365 e. The highest BCUT2D eigenvalue weighted by Crippen LogP contribution is 1.97. The van der Waals surface area contributed by atoms with Crippen LogP contribution in [0.4, 0.5) is 0 Å². The first-order chi connectivity index (χ1) is 4.81. The number of rotatable bonds is 4. The van der Waals surface area contributed by atoms with Crippen LogP contribution in [0.3, 0.4) is 0 Å². The minimum atomic E-state index is 0. The molecule has 0 radical (unpaired) electrons. The maximum Gasteiger partial charge on any atom is 0.153 e. The van der Waals surface area contributed by atoms with E-state index in [-0.39, 0.29) is 17.0 Å². The Morgan fingerprint density at radius 1 is 1.45 bits per heavy atom. The minimum Gasteiger partial charge on any atom is -0.365 e. The van der Waals surface area contributed by atoms with Gasteiger partial charge in [0, 0.05) is 6.54 Å². The predicted molar refractivity (Wildman–Crippen MR) is 59.1 cm³/mol. The molecular weight excluding hydrogens is 224 g/mol. The minimum absolute atomic E-state index is 0. The van der Waals surface area contributed by atoms with Crippen molar-refractivity contribution in [3.8, 4) is 0 Å². The van der Waals surface area contributed by atoms with Crippen molar-refractivity contribution in [1.82, 2.24) is 5.32 Å². The van der Waals surface area contributed by atoms with Crippen molar-refractivity contribution in [3.63, 3.8) is 0 Å². The van der Waals surface area contributed by atoms with Gasteiger partial charge in [-0.05, 0) is 12.2 Å². The van der Waals surface area contributed by atoms with Crippen molar-refractivity contribution in [2.75, 3.05) is 12.3 Å². The summed E-state index contributed by atoms with van der Waals surface area (Å²) in [4.78, 5) is 0. The van der Waals surface area contributed by atoms with Gasteiger partial charge in [0.1, 0.15) is 0 Å². The van der Waals surface area contributed by atoms with Gasteiger partial charge in [-0.15, -0.1) is 17.0 Å². The molecule has 11 heavy (non-hydrogen) atoms. The van der Waals surface area contributed by atoms with E-state index in [1.807, 2.05) is 0 Å². The molecule has 0 aromatic heterocycles. The van der Waals surface area contributed by atoms with E-state index in [0.717, 1.165) is 18.7 Å². The second-order valence-electron chi connectivity index (χ2n) is 2.04. The molecule has 0 saturated carbocycles. The van der Waals surface area contributed by atoms with Crippen LogP contribution in [-0.2, 0) is 0 Å². The van der Waals surface area contributed by atoms with Gasteiger partial charge in [-0.1, -0.05) is 32.0 Å². The Balaban J connectivity index is 0. The SMILES string of the molecule is Br.CCCCNC(=N)SCC. The molecule has 0 heterocycles. The number of hydrogen-bond acceptors (Lipinski definition) is 2. The van der Waals surface area contributed by atoms with Gasteiger partial charge in [0.15, 0.2) is 5.17 Å². The summed E-state index contributed by atoms with van der Waals surface area (Å²) in [5.41, 5.74) is 0. The molecule has 0 aromatic carbocycles. The number of nitrogens with one attached hydrogen (secondary N) is 2. The lowest BCUT2D eigenvalue weighted by molar-refractivity contribution is 0.757. The van der Waals surface area contributed by atoms with Gasteiger partial charge in [0.2, 0.25) is 0 Å². The Kier molecular flexibility index (Phi) is 13.0. The third-order valence-electron chi connectivity index (χ3n) is 1.10. The van der Waals surface area contributed by atoms with Gasteiger partial charge in [-0.3, -0.25) is 5.41 Å². The van der Waals surface area contributed by atoms with Crippen molar-refractivity contribution in [2.45, 2.75) is 26.7 Å². The van der Waals surface area contributed by atoms with Crippen LogP contribution in [0.1, 0.15) is 26.7 Å². The van der Waals surface area contributed by atoms with Crippen molar-refractivity contribution in [3.05, 3.63) is 0 Å². The van der Waals surface area contributed by atoms with Crippen molar-refractivity contribution >= 4 is 33.9 Å². The summed E-state index contributed by atoms with van der Waals surface area (Å²) in [7, 11) is 0. The monoisotopic (exact) mass is 240 g/mol. The molecule has 0 aromatic rings. The summed E-state index contributed by atoms with van der Waals surface area (Å²) in [6.07, 6.45) is 2.35. The summed E-state index contributed by atoms with van der Waals surface area (Å²) < 4.78 is 0. The van der Waals surface area contributed by atoms with Crippen molar-refractivity contribution in [1.29, 1.82) is 5.41 Å². The number of unbranched alkanes of at least 4 members (excludes halogenated alkanes) is 1. The number of thioether (sulfide) groups is 1. The first-order valence-corrected chi connectivity index (χ1v) is 4.75. The predicted octanol–water partition coefficient (Wildman–Crippen LogP) is 2.64. The van der Waals surface area contributed by atoms with Crippen molar-refractivity contribution < 1.29 is 0 Å². The quantitative estimate of drug-likeness (QED) is 0.451. The van der Waals surface area contributed by atoms with Gasteiger partial charge in [-0.25, -0.2) is 0 Å². The van der Waals surface area contributed by atoms with Gasteiger partial charge in [0.25, 0.3) is 0 Å². The molecule has 0 unspecified atom stereocenters. The molecular formula is C7H17BrN2S. The lowest BCUT2D eigenvalue weighted by atomic mass is 10.3. The number of amidine groups is 1. The maximum atomic E-state index is 7.32. The molecule has 0 bridgehead atoms. The van der Waals surface area contributed by atoms with E-state index < -0.39 is 0 Å². The first kappa shape index (κ1) is 13.9. The lowest BCUT2D eigenvalue weighted by Gasteiger charge is -2.03. The molecule has 0 spiro atoms. The Bertz CT molecular complexity index is 98.4. The molecule has 4 heteroatoms. The fourth-order valence-electron chi connectivity index (χ4n) is 0.574. The second-order valence-corrected chi connectivity index (χ2v) is 3.32. The number of hydrogen-bond donors (Lipinski definition) is 2. The van der Waals surface area contributed by atoms with E-state index in [2.05, 4.69) is 19.2 Å². The molecule has 0 atom stereocenters. The van der Waals surface area contributed by atoms with Crippen LogP contribution >= 0.6 is 28.7 Å². The fraction of sp³-hybridized carbons (Fsp3) is 0.857. The van der Waals surface area contributed by atoms with Gasteiger partial charge in [0.05, 0.1) is 0 Å². The average molecular weight is 241 g/mol. The summed E-state index contributed by atoms with van der Waals surface area (Å²) in [6, 6.07) is 0. The Hall–Kier alpha value is 0.300. The molecule has 68 valence electrons. The molecule has 2 nitrogen and oxygen atoms in total. The molecule has 0 aliphatic rings. The Labute approximate surface area is 83.8 Å². The Morgan fingerprint density at radius 3 is 2.55 bits per heavy atom. The number of halogens is 1. The van der Waals surface area contributed by atoms with E-state index in [4.69, 9.17) is 5.41 Å². The van der Waals surface area contributed by atoms with Crippen LogP contribution in [0.15, 0.2) is 0 Å². The molecule has 0 aliphatic carbocycles. The maximum absolute atomic E-state index is 7.32. The van der Waals surface area contributed by atoms with E-state index in [1.165, 1.54) is 6.42 Å². The van der Waals surface area contributed by atoms with Gasteiger partial charge in [-0.2, -0.15) is 0 Å². The smallest absolute Gasteiger partial charge is 0.153 e. The summed E-state index contributed by atoms with van der Waals surface area (Å²) in [5, 5.41) is 11.0. The van der Waals surface area contributed by atoms with Crippen molar-refractivity contribution in [2.24, 2.45) is 0 Å². The zero-order valence-electron chi connectivity index (χ0n) is 7.14. The van der Waals surface area contributed by atoms with Crippen LogP contribution in [0, 0.1) is 5.41 Å². The van der Waals surface area contributed by atoms with Crippen LogP contribution in [-0.4, -0.2) is 17.5 Å². The summed E-state index contributed by atoms with van der Waals surface area (Å²) in [5.74, 6) is 0.984. The fourth-order valence-corrected chi connectivity index (χ4v) is 1.07. The van der Waals surface area contributed by atoms with E-state index >= 15 is 0 Å². The van der Waals surface area contributed by atoms with E-state index in [1.54, 1.807) is 11.8 Å². The first-order valence-electron chi connectivity index (χ1n) is 3.76. The second kappa shape index (κ2) is 10.3. The zero-order valence-corrected chi connectivity index (χ0v) is 9.67. The van der Waals surface area contributed by atoms with E-state index in [0.29, 0.717) is 5.17 Å². The standard InChI is InChI=1S/C7H16N2S.BrH/c1-3-5-6-9-7(8)10-4-2;/h3-6H2,1-2H3,(H2,8,9);1H. The molecule has 0 saturated heterocycles. The van der Waals surface area contributed by atoms with Gasteiger partial charge < -0.3 is 5.32 Å². The van der Waals surface area contributed by atoms with Gasteiger partial charge >= 0.3 is 0 Å². The molecule has 0 amide bonds. The third-order valence-corrected chi connectivity index (χ3v) is 1.83. The zero-order chi connectivity index (χ0) is 7.82.